The molecule has 7 rings (SSSR count). The SMILES string of the molecule is CNC(=O)c1c(-c2ccc(F)cc2)oc2cc(N(C)S(C)(=O)=O)c(-c3cnc4c(c3)-n3ncc5cccc(c53)O4)cc12. The van der Waals surface area contributed by atoms with E-state index in [-0.39, 0.29) is 16.9 Å². The molecule has 3 aromatic carbocycles. The standard InChI is InChI=1S/C30H22FN5O5S/c1-32-29(37)26-21-12-20(18-11-23-30(33-14-18)41-24-6-4-5-17-15-34-36(23)27(17)24)22(35(2)42(3,38)39)13-25(21)40-28(26)16-7-9-19(31)10-8-16/h4-15H,1-3H3,(H,32,37). The van der Waals surface area contributed by atoms with E-state index in [1.54, 1.807) is 29.2 Å². The summed E-state index contributed by atoms with van der Waals surface area (Å²) in [4.78, 5) is 17.7. The van der Waals surface area contributed by atoms with Gasteiger partial charge in [-0.05, 0) is 42.5 Å². The molecule has 0 spiro atoms. The van der Waals surface area contributed by atoms with Crippen molar-refractivity contribution in [1.29, 1.82) is 0 Å². The highest BCUT2D eigenvalue weighted by atomic mass is 32.2. The van der Waals surface area contributed by atoms with Gasteiger partial charge >= 0.3 is 0 Å². The number of rotatable bonds is 5. The minimum absolute atomic E-state index is 0.224. The molecule has 0 bridgehead atoms. The zero-order chi connectivity index (χ0) is 29.3. The number of para-hydroxylation sites is 1. The van der Waals surface area contributed by atoms with Crippen LogP contribution in [0.1, 0.15) is 10.4 Å². The quantitative estimate of drug-likeness (QED) is 0.284. The fourth-order valence-corrected chi connectivity index (χ4v) is 5.70. The lowest BCUT2D eigenvalue weighted by molar-refractivity contribution is 0.0964. The number of hydrogen-bond donors (Lipinski definition) is 1. The van der Waals surface area contributed by atoms with Crippen molar-refractivity contribution in [1.82, 2.24) is 20.1 Å². The number of fused-ring (bicyclic) bond motifs is 3. The molecule has 0 radical (unpaired) electrons. The number of hydrogen-bond acceptors (Lipinski definition) is 7. The molecule has 3 aromatic heterocycles. The third kappa shape index (κ3) is 3.90. The lowest BCUT2D eigenvalue weighted by atomic mass is 9.99. The van der Waals surface area contributed by atoms with Crippen molar-refractivity contribution in [2.45, 2.75) is 0 Å². The average Bonchev–Trinajstić information content (AvgIpc) is 3.58. The Labute approximate surface area is 239 Å². The maximum atomic E-state index is 13.7. The van der Waals surface area contributed by atoms with Crippen molar-refractivity contribution < 1.29 is 26.8 Å². The summed E-state index contributed by atoms with van der Waals surface area (Å²) in [5.41, 5.74) is 3.68. The first kappa shape index (κ1) is 25.7. The molecular weight excluding hydrogens is 561 g/mol. The van der Waals surface area contributed by atoms with E-state index >= 15 is 0 Å². The molecule has 42 heavy (non-hydrogen) atoms. The van der Waals surface area contributed by atoms with Gasteiger partial charge in [0.25, 0.3) is 5.91 Å². The van der Waals surface area contributed by atoms with Crippen LogP contribution in [-0.4, -0.2) is 49.4 Å². The number of carbonyl (C=O) groups is 1. The van der Waals surface area contributed by atoms with Gasteiger partial charge in [-0.15, -0.1) is 0 Å². The summed E-state index contributed by atoms with van der Waals surface area (Å²) >= 11 is 0. The van der Waals surface area contributed by atoms with Crippen molar-refractivity contribution in [2.24, 2.45) is 0 Å². The number of ether oxygens (including phenoxy) is 1. The van der Waals surface area contributed by atoms with Gasteiger partial charge in [0, 0.05) is 53.8 Å². The van der Waals surface area contributed by atoms with Crippen LogP contribution in [-0.2, 0) is 10.0 Å². The van der Waals surface area contributed by atoms with Gasteiger partial charge in [0.2, 0.25) is 15.9 Å². The Morgan fingerprint density at radius 2 is 1.83 bits per heavy atom. The Morgan fingerprint density at radius 1 is 1.05 bits per heavy atom. The molecule has 0 aliphatic carbocycles. The number of nitrogens with one attached hydrogen (secondary N) is 1. The highest BCUT2D eigenvalue weighted by Gasteiger charge is 2.28. The topological polar surface area (TPSA) is 120 Å². The Morgan fingerprint density at radius 3 is 2.57 bits per heavy atom. The molecule has 0 saturated carbocycles. The lowest BCUT2D eigenvalue weighted by Crippen LogP contribution is -2.25. The fourth-order valence-electron chi connectivity index (χ4n) is 5.19. The zero-order valence-electron chi connectivity index (χ0n) is 22.5. The molecule has 1 aliphatic rings. The molecule has 0 unspecified atom stereocenters. The predicted octanol–water partition coefficient (Wildman–Crippen LogP) is 5.50. The Hall–Kier alpha value is -5.23. The van der Waals surface area contributed by atoms with Crippen LogP contribution in [0, 0.1) is 5.82 Å². The van der Waals surface area contributed by atoms with Crippen LogP contribution in [0.3, 0.4) is 0 Å². The summed E-state index contributed by atoms with van der Waals surface area (Å²) in [6, 6.07) is 16.3. The minimum Gasteiger partial charge on any atom is -0.455 e. The highest BCUT2D eigenvalue weighted by Crippen LogP contribution is 2.44. The van der Waals surface area contributed by atoms with Crippen molar-refractivity contribution >= 4 is 43.5 Å². The molecular formula is C30H22FN5O5S. The van der Waals surface area contributed by atoms with E-state index in [9.17, 15) is 17.6 Å². The van der Waals surface area contributed by atoms with Crippen LogP contribution in [0.2, 0.25) is 0 Å². The van der Waals surface area contributed by atoms with Crippen LogP contribution < -0.4 is 14.4 Å². The summed E-state index contributed by atoms with van der Waals surface area (Å²) in [7, 11) is -0.774. The Kier molecular flexibility index (Phi) is 5.60. The van der Waals surface area contributed by atoms with Crippen molar-refractivity contribution in [3.63, 3.8) is 0 Å². The number of anilines is 1. The van der Waals surface area contributed by atoms with Crippen LogP contribution in [0.25, 0.3) is 50.0 Å². The smallest absolute Gasteiger partial charge is 0.255 e. The first-order valence-electron chi connectivity index (χ1n) is 12.8. The summed E-state index contributed by atoms with van der Waals surface area (Å²) in [6.45, 7) is 0. The number of sulfonamides is 1. The molecule has 1 N–H and O–H groups in total. The van der Waals surface area contributed by atoms with E-state index in [2.05, 4.69) is 15.4 Å². The largest absolute Gasteiger partial charge is 0.455 e. The second kappa shape index (κ2) is 9.14. The van der Waals surface area contributed by atoms with Gasteiger partial charge < -0.3 is 14.5 Å². The third-order valence-corrected chi connectivity index (χ3v) is 8.53. The highest BCUT2D eigenvalue weighted by molar-refractivity contribution is 7.92. The first-order chi connectivity index (χ1) is 20.1. The molecule has 0 saturated heterocycles. The van der Waals surface area contributed by atoms with E-state index in [4.69, 9.17) is 9.15 Å². The van der Waals surface area contributed by atoms with Crippen molar-refractivity contribution in [2.75, 3.05) is 24.7 Å². The van der Waals surface area contributed by atoms with Gasteiger partial charge in [0.1, 0.15) is 28.4 Å². The average molecular weight is 584 g/mol. The van der Waals surface area contributed by atoms with E-state index in [1.165, 1.54) is 38.4 Å². The number of halogens is 1. The number of amides is 1. The van der Waals surface area contributed by atoms with Gasteiger partial charge in [-0.3, -0.25) is 9.10 Å². The monoisotopic (exact) mass is 583 g/mol. The predicted molar refractivity (Wildman–Crippen MR) is 156 cm³/mol. The third-order valence-electron chi connectivity index (χ3n) is 7.34. The number of benzene rings is 3. The molecule has 1 aliphatic heterocycles. The van der Waals surface area contributed by atoms with E-state index in [1.807, 2.05) is 24.3 Å². The van der Waals surface area contributed by atoms with Crippen LogP contribution in [0.5, 0.6) is 11.6 Å². The lowest BCUT2D eigenvalue weighted by Gasteiger charge is -2.22. The number of pyridine rings is 1. The molecule has 1 amide bonds. The summed E-state index contributed by atoms with van der Waals surface area (Å²) in [5.74, 6) is 0.336. The molecule has 10 nitrogen and oxygen atoms in total. The Balaban J connectivity index is 1.50. The summed E-state index contributed by atoms with van der Waals surface area (Å²) < 4.78 is 54.2. The van der Waals surface area contributed by atoms with Gasteiger partial charge in [-0.2, -0.15) is 5.10 Å². The first-order valence-corrected chi connectivity index (χ1v) is 14.7. The fraction of sp³-hybridized carbons (Fsp3) is 0.100. The number of carbonyl (C=O) groups excluding carboxylic acids is 1. The molecule has 12 heteroatoms. The zero-order valence-corrected chi connectivity index (χ0v) is 23.4. The second-order valence-corrected chi connectivity index (χ2v) is 11.9. The maximum absolute atomic E-state index is 13.7. The maximum Gasteiger partial charge on any atom is 0.255 e. The summed E-state index contributed by atoms with van der Waals surface area (Å²) in [6.07, 6.45) is 4.41. The molecule has 6 aromatic rings. The minimum atomic E-state index is -3.71. The van der Waals surface area contributed by atoms with Crippen LogP contribution in [0.15, 0.2) is 77.5 Å². The van der Waals surface area contributed by atoms with E-state index < -0.39 is 21.7 Å². The molecule has 0 atom stereocenters. The molecule has 4 heterocycles. The number of furan rings is 1. The van der Waals surface area contributed by atoms with Crippen molar-refractivity contribution in [3.8, 4) is 39.8 Å². The molecule has 0 fully saturated rings. The Bertz CT molecular complexity index is 2190. The van der Waals surface area contributed by atoms with Gasteiger partial charge in [-0.25, -0.2) is 22.5 Å². The number of nitrogens with zero attached hydrogens (tertiary/aromatic N) is 4. The van der Waals surface area contributed by atoms with E-state index in [0.717, 1.165) is 21.5 Å². The van der Waals surface area contributed by atoms with Gasteiger partial charge in [-0.1, -0.05) is 12.1 Å². The number of aromatic nitrogens is 3. The van der Waals surface area contributed by atoms with E-state index in [0.29, 0.717) is 45.1 Å². The van der Waals surface area contributed by atoms with Crippen LogP contribution in [0.4, 0.5) is 10.1 Å². The molecule has 210 valence electrons. The second-order valence-electron chi connectivity index (χ2n) is 9.89. The van der Waals surface area contributed by atoms with Gasteiger partial charge in [0.15, 0.2) is 5.75 Å². The van der Waals surface area contributed by atoms with Gasteiger partial charge in [0.05, 0.1) is 23.7 Å². The van der Waals surface area contributed by atoms with Crippen molar-refractivity contribution in [3.05, 3.63) is 84.4 Å². The normalized spacial score (nSPS) is 12.3. The summed E-state index contributed by atoms with van der Waals surface area (Å²) in [5, 5.41) is 8.51. The van der Waals surface area contributed by atoms with Crippen LogP contribution >= 0.6 is 0 Å².